The summed E-state index contributed by atoms with van der Waals surface area (Å²) in [6, 6.07) is 16.3. The molecule has 0 aliphatic heterocycles. The van der Waals surface area contributed by atoms with E-state index >= 15 is 0 Å². The van der Waals surface area contributed by atoms with E-state index in [1.54, 1.807) is 24.3 Å². The fourth-order valence-electron chi connectivity index (χ4n) is 2.56. The average Bonchev–Trinajstić information content (AvgIpc) is 3.08. The maximum atomic E-state index is 12.2. The Kier molecular flexibility index (Phi) is 6.46. The topological polar surface area (TPSA) is 95.6 Å². The SMILES string of the molecule is CCOc1ccc(OCCNC(=O)Cn2c(-c3ccccc3)noc2=O)cc1. The zero-order chi connectivity index (χ0) is 19.8. The quantitative estimate of drug-likeness (QED) is 0.569. The summed E-state index contributed by atoms with van der Waals surface area (Å²) in [6.07, 6.45) is 0. The zero-order valence-electron chi connectivity index (χ0n) is 15.5. The Morgan fingerprint density at radius 3 is 2.43 bits per heavy atom. The van der Waals surface area contributed by atoms with E-state index in [1.165, 1.54) is 4.57 Å². The van der Waals surface area contributed by atoms with Crippen LogP contribution < -0.4 is 20.5 Å². The molecular formula is C20H21N3O5. The second-order valence-corrected chi connectivity index (χ2v) is 5.83. The lowest BCUT2D eigenvalue weighted by molar-refractivity contribution is -0.121. The first-order chi connectivity index (χ1) is 13.7. The third-order valence-corrected chi connectivity index (χ3v) is 3.85. The third-order valence-electron chi connectivity index (χ3n) is 3.85. The first-order valence-corrected chi connectivity index (χ1v) is 8.91. The number of aromatic nitrogens is 2. The van der Waals surface area contributed by atoms with Gasteiger partial charge in [0.25, 0.3) is 0 Å². The van der Waals surface area contributed by atoms with E-state index in [-0.39, 0.29) is 12.5 Å². The normalized spacial score (nSPS) is 10.5. The molecule has 0 fully saturated rings. The molecule has 3 aromatic rings. The van der Waals surface area contributed by atoms with Gasteiger partial charge in [0.2, 0.25) is 5.91 Å². The molecule has 0 saturated carbocycles. The predicted octanol–water partition coefficient (Wildman–Crippen LogP) is 2.10. The molecular weight excluding hydrogens is 362 g/mol. The molecule has 3 rings (SSSR count). The van der Waals surface area contributed by atoms with E-state index in [2.05, 4.69) is 10.5 Å². The lowest BCUT2D eigenvalue weighted by atomic mass is 10.2. The lowest BCUT2D eigenvalue weighted by Crippen LogP contribution is -2.33. The number of hydrogen-bond acceptors (Lipinski definition) is 6. The summed E-state index contributed by atoms with van der Waals surface area (Å²) in [5.41, 5.74) is 0.694. The van der Waals surface area contributed by atoms with Crippen LogP contribution in [-0.2, 0) is 11.3 Å². The summed E-state index contributed by atoms with van der Waals surface area (Å²) < 4.78 is 16.8. The third kappa shape index (κ3) is 5.00. The minimum atomic E-state index is -0.681. The van der Waals surface area contributed by atoms with Gasteiger partial charge in [0.05, 0.1) is 13.2 Å². The van der Waals surface area contributed by atoms with Gasteiger partial charge in [0, 0.05) is 5.56 Å². The summed E-state index contributed by atoms with van der Waals surface area (Å²) in [5, 5.41) is 6.47. The van der Waals surface area contributed by atoms with Crippen molar-refractivity contribution in [2.24, 2.45) is 0 Å². The van der Waals surface area contributed by atoms with Gasteiger partial charge in [0.15, 0.2) is 5.82 Å². The highest BCUT2D eigenvalue weighted by atomic mass is 16.5. The Labute approximate surface area is 161 Å². The smallest absolute Gasteiger partial charge is 0.442 e. The van der Waals surface area contributed by atoms with Crippen LogP contribution in [0.3, 0.4) is 0 Å². The Morgan fingerprint density at radius 1 is 1.07 bits per heavy atom. The van der Waals surface area contributed by atoms with E-state index in [9.17, 15) is 9.59 Å². The maximum absolute atomic E-state index is 12.2. The number of ether oxygens (including phenoxy) is 2. The van der Waals surface area contributed by atoms with E-state index in [0.29, 0.717) is 36.9 Å². The largest absolute Gasteiger partial charge is 0.494 e. The monoisotopic (exact) mass is 383 g/mol. The summed E-state index contributed by atoms with van der Waals surface area (Å²) in [7, 11) is 0. The Balaban J connectivity index is 1.49. The van der Waals surface area contributed by atoms with Crippen LogP contribution >= 0.6 is 0 Å². The highest BCUT2D eigenvalue weighted by Gasteiger charge is 2.15. The molecule has 8 heteroatoms. The van der Waals surface area contributed by atoms with Crippen molar-refractivity contribution in [2.75, 3.05) is 19.8 Å². The Morgan fingerprint density at radius 2 is 1.75 bits per heavy atom. The number of hydrogen-bond donors (Lipinski definition) is 1. The van der Waals surface area contributed by atoms with Crippen LogP contribution in [0.5, 0.6) is 11.5 Å². The van der Waals surface area contributed by atoms with E-state index in [1.807, 2.05) is 37.3 Å². The first kappa shape index (κ1) is 19.2. The predicted molar refractivity (Wildman–Crippen MR) is 102 cm³/mol. The first-order valence-electron chi connectivity index (χ1n) is 8.91. The van der Waals surface area contributed by atoms with Gasteiger partial charge in [-0.25, -0.2) is 9.36 Å². The summed E-state index contributed by atoms with van der Waals surface area (Å²) in [6.45, 7) is 2.93. The minimum Gasteiger partial charge on any atom is -0.494 e. The second kappa shape index (κ2) is 9.40. The molecule has 0 radical (unpaired) electrons. The number of benzene rings is 2. The van der Waals surface area contributed by atoms with Gasteiger partial charge in [-0.2, -0.15) is 0 Å². The molecule has 2 aromatic carbocycles. The summed E-state index contributed by atoms with van der Waals surface area (Å²) >= 11 is 0. The summed E-state index contributed by atoms with van der Waals surface area (Å²) in [4.78, 5) is 24.0. The molecule has 1 heterocycles. The highest BCUT2D eigenvalue weighted by molar-refractivity contribution is 5.76. The van der Waals surface area contributed by atoms with E-state index in [0.717, 1.165) is 5.75 Å². The van der Waals surface area contributed by atoms with Crippen LogP contribution in [0.2, 0.25) is 0 Å². The minimum absolute atomic E-state index is 0.185. The van der Waals surface area contributed by atoms with Crippen molar-refractivity contribution in [3.8, 4) is 22.9 Å². The standard InChI is InChI=1S/C20H21N3O5/c1-2-26-16-8-10-17(11-9-16)27-13-12-21-18(24)14-23-19(22-28-20(23)25)15-6-4-3-5-7-15/h3-11H,2,12-14H2,1H3,(H,21,24). The molecule has 0 atom stereocenters. The van der Waals surface area contributed by atoms with Crippen molar-refractivity contribution in [1.29, 1.82) is 0 Å². The Bertz CT molecular complexity index is 948. The van der Waals surface area contributed by atoms with Crippen molar-refractivity contribution >= 4 is 5.91 Å². The van der Waals surface area contributed by atoms with Crippen LogP contribution in [0.25, 0.3) is 11.4 Å². The van der Waals surface area contributed by atoms with Gasteiger partial charge in [-0.05, 0) is 31.2 Å². The molecule has 8 nitrogen and oxygen atoms in total. The van der Waals surface area contributed by atoms with Crippen molar-refractivity contribution in [3.05, 3.63) is 65.1 Å². The van der Waals surface area contributed by atoms with Gasteiger partial charge in [-0.15, -0.1) is 0 Å². The molecule has 1 N–H and O–H groups in total. The number of rotatable bonds is 9. The number of carbonyl (C=O) groups excluding carboxylic acids is 1. The van der Waals surface area contributed by atoms with Crippen LogP contribution in [0.4, 0.5) is 0 Å². The molecule has 0 saturated heterocycles. The molecule has 1 aromatic heterocycles. The molecule has 0 unspecified atom stereocenters. The summed E-state index contributed by atoms with van der Waals surface area (Å²) in [5.74, 6) is 0.750. The average molecular weight is 383 g/mol. The molecule has 146 valence electrons. The molecule has 0 bridgehead atoms. The van der Waals surface area contributed by atoms with Gasteiger partial charge in [-0.3, -0.25) is 9.32 Å². The zero-order valence-corrected chi connectivity index (χ0v) is 15.5. The van der Waals surface area contributed by atoms with Crippen LogP contribution in [0.1, 0.15) is 6.92 Å². The number of amides is 1. The van der Waals surface area contributed by atoms with E-state index < -0.39 is 5.76 Å². The molecule has 1 amide bonds. The van der Waals surface area contributed by atoms with Crippen LogP contribution in [-0.4, -0.2) is 35.4 Å². The second-order valence-electron chi connectivity index (χ2n) is 5.83. The van der Waals surface area contributed by atoms with Gasteiger partial charge >= 0.3 is 5.76 Å². The Hall–Kier alpha value is -3.55. The number of nitrogens with zero attached hydrogens (tertiary/aromatic N) is 2. The van der Waals surface area contributed by atoms with Gasteiger partial charge < -0.3 is 14.8 Å². The molecule has 0 aliphatic rings. The van der Waals surface area contributed by atoms with Crippen molar-refractivity contribution < 1.29 is 18.8 Å². The fraction of sp³-hybridized carbons (Fsp3) is 0.250. The van der Waals surface area contributed by atoms with E-state index in [4.69, 9.17) is 14.0 Å². The fourth-order valence-corrected chi connectivity index (χ4v) is 2.56. The maximum Gasteiger partial charge on any atom is 0.442 e. The molecule has 0 aliphatic carbocycles. The van der Waals surface area contributed by atoms with Crippen molar-refractivity contribution in [2.45, 2.75) is 13.5 Å². The van der Waals surface area contributed by atoms with Gasteiger partial charge in [-0.1, -0.05) is 35.5 Å². The van der Waals surface area contributed by atoms with Crippen molar-refractivity contribution in [1.82, 2.24) is 15.0 Å². The van der Waals surface area contributed by atoms with Crippen molar-refractivity contribution in [3.63, 3.8) is 0 Å². The highest BCUT2D eigenvalue weighted by Crippen LogP contribution is 2.17. The molecule has 0 spiro atoms. The number of carbonyl (C=O) groups is 1. The van der Waals surface area contributed by atoms with Crippen LogP contribution in [0.15, 0.2) is 63.9 Å². The molecule has 28 heavy (non-hydrogen) atoms. The lowest BCUT2D eigenvalue weighted by Gasteiger charge is -2.09. The number of nitrogens with one attached hydrogen (secondary N) is 1. The van der Waals surface area contributed by atoms with Crippen LogP contribution in [0, 0.1) is 0 Å². The van der Waals surface area contributed by atoms with Gasteiger partial charge in [0.1, 0.15) is 24.7 Å².